The Bertz CT molecular complexity index is 375. The van der Waals surface area contributed by atoms with Crippen molar-refractivity contribution >= 4 is 17.2 Å². The highest BCUT2D eigenvalue weighted by atomic mass is 32.1. The fourth-order valence-electron chi connectivity index (χ4n) is 2.10. The highest BCUT2D eigenvalue weighted by Gasteiger charge is 2.25. The summed E-state index contributed by atoms with van der Waals surface area (Å²) in [7, 11) is 0. The van der Waals surface area contributed by atoms with Gasteiger partial charge in [-0.15, -0.1) is 11.3 Å². The van der Waals surface area contributed by atoms with Gasteiger partial charge < -0.3 is 11.1 Å². The zero-order valence-corrected chi connectivity index (χ0v) is 10.3. The molecule has 1 fully saturated rings. The normalized spacial score (nSPS) is 24.6. The van der Waals surface area contributed by atoms with Gasteiger partial charge in [-0.25, -0.2) is 0 Å². The van der Waals surface area contributed by atoms with Gasteiger partial charge in [0.2, 0.25) is 0 Å². The van der Waals surface area contributed by atoms with Gasteiger partial charge in [-0.3, -0.25) is 4.79 Å². The summed E-state index contributed by atoms with van der Waals surface area (Å²) >= 11 is 1.57. The number of aryl methyl sites for hydroxylation is 1. The minimum Gasteiger partial charge on any atom is -0.347 e. The molecule has 0 radical (unpaired) electrons. The first-order valence-corrected chi connectivity index (χ1v) is 6.67. The van der Waals surface area contributed by atoms with E-state index in [1.807, 2.05) is 12.1 Å². The number of amides is 1. The summed E-state index contributed by atoms with van der Waals surface area (Å²) < 4.78 is 0. The van der Waals surface area contributed by atoms with Crippen LogP contribution in [0.25, 0.3) is 0 Å². The maximum Gasteiger partial charge on any atom is 0.261 e. The first-order valence-electron chi connectivity index (χ1n) is 5.86. The van der Waals surface area contributed by atoms with Gasteiger partial charge in [0, 0.05) is 17.0 Å². The molecule has 2 unspecified atom stereocenters. The lowest BCUT2D eigenvalue weighted by Crippen LogP contribution is -2.43. The fourth-order valence-corrected chi connectivity index (χ4v) is 2.95. The van der Waals surface area contributed by atoms with Crippen LogP contribution in [0.15, 0.2) is 12.1 Å². The molecule has 88 valence electrons. The molecule has 3 nitrogen and oxygen atoms in total. The predicted octanol–water partition coefficient (Wildman–Crippen LogP) is 1.92. The zero-order chi connectivity index (χ0) is 11.5. The van der Waals surface area contributed by atoms with Crippen molar-refractivity contribution < 1.29 is 4.79 Å². The Labute approximate surface area is 100 Å². The highest BCUT2D eigenvalue weighted by molar-refractivity contribution is 7.14. The molecule has 0 spiro atoms. The largest absolute Gasteiger partial charge is 0.347 e. The Morgan fingerprint density at radius 3 is 2.94 bits per heavy atom. The average Bonchev–Trinajstić information content (AvgIpc) is 2.88. The first-order chi connectivity index (χ1) is 7.70. The Morgan fingerprint density at radius 1 is 1.56 bits per heavy atom. The molecule has 16 heavy (non-hydrogen) atoms. The minimum atomic E-state index is 0.0343. The van der Waals surface area contributed by atoms with E-state index in [0.717, 1.165) is 30.6 Å². The lowest BCUT2D eigenvalue weighted by Gasteiger charge is -2.16. The summed E-state index contributed by atoms with van der Waals surface area (Å²) in [5.74, 6) is 0.0343. The number of nitrogens with one attached hydrogen (secondary N) is 1. The van der Waals surface area contributed by atoms with Crippen LogP contribution in [-0.2, 0) is 6.42 Å². The van der Waals surface area contributed by atoms with Crippen molar-refractivity contribution in [1.29, 1.82) is 0 Å². The lowest BCUT2D eigenvalue weighted by molar-refractivity contribution is 0.0938. The Balaban J connectivity index is 1.97. The van der Waals surface area contributed by atoms with E-state index in [2.05, 4.69) is 12.2 Å². The Morgan fingerprint density at radius 2 is 2.38 bits per heavy atom. The molecule has 1 amide bonds. The van der Waals surface area contributed by atoms with Gasteiger partial charge in [0.1, 0.15) is 0 Å². The molecule has 2 rings (SSSR count). The van der Waals surface area contributed by atoms with Gasteiger partial charge in [0.15, 0.2) is 0 Å². The average molecular weight is 238 g/mol. The number of carbonyl (C=O) groups excluding carboxylic acids is 1. The maximum absolute atomic E-state index is 11.9. The van der Waals surface area contributed by atoms with Gasteiger partial charge in [0.05, 0.1) is 4.88 Å². The number of hydrogen-bond acceptors (Lipinski definition) is 3. The van der Waals surface area contributed by atoms with Crippen LogP contribution < -0.4 is 11.1 Å². The van der Waals surface area contributed by atoms with Crippen molar-refractivity contribution in [2.45, 2.75) is 44.7 Å². The summed E-state index contributed by atoms with van der Waals surface area (Å²) in [4.78, 5) is 14.0. The summed E-state index contributed by atoms with van der Waals surface area (Å²) in [6.45, 7) is 2.10. The van der Waals surface area contributed by atoms with Crippen LogP contribution in [0.4, 0.5) is 0 Å². The molecule has 0 aromatic carbocycles. The third kappa shape index (κ3) is 2.44. The molecule has 0 bridgehead atoms. The van der Waals surface area contributed by atoms with Crippen LogP contribution in [-0.4, -0.2) is 18.0 Å². The first kappa shape index (κ1) is 11.6. The van der Waals surface area contributed by atoms with Crippen LogP contribution in [0.1, 0.15) is 40.7 Å². The van der Waals surface area contributed by atoms with Crippen LogP contribution in [0, 0.1) is 0 Å². The van der Waals surface area contributed by atoms with Crippen LogP contribution >= 0.6 is 11.3 Å². The molecule has 2 atom stereocenters. The Hall–Kier alpha value is -0.870. The number of hydrogen-bond donors (Lipinski definition) is 2. The number of nitrogens with two attached hydrogens (primary N) is 1. The molecular weight excluding hydrogens is 220 g/mol. The van der Waals surface area contributed by atoms with E-state index in [4.69, 9.17) is 5.73 Å². The van der Waals surface area contributed by atoms with Gasteiger partial charge in [-0.1, -0.05) is 6.92 Å². The van der Waals surface area contributed by atoms with E-state index < -0.39 is 0 Å². The molecule has 3 N–H and O–H groups in total. The third-order valence-electron chi connectivity index (χ3n) is 3.12. The topological polar surface area (TPSA) is 55.1 Å². The van der Waals surface area contributed by atoms with Crippen molar-refractivity contribution in [2.75, 3.05) is 0 Å². The van der Waals surface area contributed by atoms with Gasteiger partial charge in [0.25, 0.3) is 5.91 Å². The van der Waals surface area contributed by atoms with Crippen molar-refractivity contribution in [1.82, 2.24) is 5.32 Å². The number of carbonyl (C=O) groups is 1. The third-order valence-corrected chi connectivity index (χ3v) is 4.35. The van der Waals surface area contributed by atoms with Gasteiger partial charge in [-0.05, 0) is 37.8 Å². The molecular formula is C12H18N2OS. The lowest BCUT2D eigenvalue weighted by atomic mass is 10.2. The Kier molecular flexibility index (Phi) is 3.61. The van der Waals surface area contributed by atoms with E-state index in [-0.39, 0.29) is 18.0 Å². The van der Waals surface area contributed by atoms with E-state index in [0.29, 0.717) is 0 Å². The standard InChI is InChI=1S/C12H18N2OS/c1-2-8-6-7-11(16-8)12(15)14-10-5-3-4-9(10)13/h6-7,9-10H,2-5,13H2,1H3,(H,14,15). The zero-order valence-electron chi connectivity index (χ0n) is 9.53. The van der Waals surface area contributed by atoms with Crippen molar-refractivity contribution in [3.8, 4) is 0 Å². The molecule has 1 saturated carbocycles. The maximum atomic E-state index is 11.9. The minimum absolute atomic E-state index is 0.0343. The van der Waals surface area contributed by atoms with Crippen molar-refractivity contribution in [3.63, 3.8) is 0 Å². The van der Waals surface area contributed by atoms with E-state index in [1.54, 1.807) is 11.3 Å². The number of rotatable bonds is 3. The molecule has 1 heterocycles. The van der Waals surface area contributed by atoms with Crippen molar-refractivity contribution in [2.24, 2.45) is 5.73 Å². The second-order valence-corrected chi connectivity index (χ2v) is 5.46. The second-order valence-electron chi connectivity index (χ2n) is 4.29. The number of thiophene rings is 1. The van der Waals surface area contributed by atoms with E-state index in [1.165, 1.54) is 4.88 Å². The van der Waals surface area contributed by atoms with Gasteiger partial charge >= 0.3 is 0 Å². The predicted molar refractivity (Wildman–Crippen MR) is 66.8 cm³/mol. The molecule has 4 heteroatoms. The molecule has 0 aliphatic heterocycles. The summed E-state index contributed by atoms with van der Waals surface area (Å²) in [5.41, 5.74) is 5.93. The molecule has 1 aromatic rings. The second kappa shape index (κ2) is 4.97. The summed E-state index contributed by atoms with van der Waals surface area (Å²) in [6.07, 6.45) is 4.15. The van der Waals surface area contributed by atoms with Crippen molar-refractivity contribution in [3.05, 3.63) is 21.9 Å². The van der Waals surface area contributed by atoms with Crippen LogP contribution in [0.5, 0.6) is 0 Å². The van der Waals surface area contributed by atoms with E-state index >= 15 is 0 Å². The summed E-state index contributed by atoms with van der Waals surface area (Å²) in [6, 6.07) is 4.22. The molecule has 0 saturated heterocycles. The molecule has 1 aliphatic rings. The fraction of sp³-hybridized carbons (Fsp3) is 0.583. The molecule has 1 aromatic heterocycles. The van der Waals surface area contributed by atoms with E-state index in [9.17, 15) is 4.79 Å². The van der Waals surface area contributed by atoms with Crippen LogP contribution in [0.2, 0.25) is 0 Å². The highest BCUT2D eigenvalue weighted by Crippen LogP contribution is 2.20. The smallest absolute Gasteiger partial charge is 0.261 e. The van der Waals surface area contributed by atoms with Crippen LogP contribution in [0.3, 0.4) is 0 Å². The SMILES string of the molecule is CCc1ccc(C(=O)NC2CCCC2N)s1. The summed E-state index contributed by atoms with van der Waals surface area (Å²) in [5, 5.41) is 3.03. The monoisotopic (exact) mass is 238 g/mol. The van der Waals surface area contributed by atoms with Gasteiger partial charge in [-0.2, -0.15) is 0 Å². The quantitative estimate of drug-likeness (QED) is 0.845. The molecule has 1 aliphatic carbocycles.